The number of aromatic nitrogens is 3. The molecule has 0 spiro atoms. The summed E-state index contributed by atoms with van der Waals surface area (Å²) < 4.78 is 1.95. The third-order valence-corrected chi connectivity index (χ3v) is 4.14. The van der Waals surface area contributed by atoms with Crippen LogP contribution < -0.4 is 5.32 Å². The molecule has 1 amide bonds. The highest BCUT2D eigenvalue weighted by atomic mass is 16.1. The van der Waals surface area contributed by atoms with Gasteiger partial charge in [0, 0.05) is 44.5 Å². The molecule has 1 fully saturated rings. The fraction of sp³-hybridized carbons (Fsp3) is 0.438. The molecule has 0 saturated carbocycles. The summed E-state index contributed by atoms with van der Waals surface area (Å²) in [6.07, 6.45) is 4.83. The highest BCUT2D eigenvalue weighted by Gasteiger charge is 2.28. The van der Waals surface area contributed by atoms with Crippen LogP contribution in [0.3, 0.4) is 0 Å². The van der Waals surface area contributed by atoms with Crippen molar-refractivity contribution in [1.29, 1.82) is 0 Å². The van der Waals surface area contributed by atoms with Crippen molar-refractivity contribution in [2.24, 2.45) is 0 Å². The van der Waals surface area contributed by atoms with E-state index in [4.69, 9.17) is 0 Å². The summed E-state index contributed by atoms with van der Waals surface area (Å²) in [6.45, 7) is 5.65. The Hall–Kier alpha value is -2.21. The summed E-state index contributed by atoms with van der Waals surface area (Å²) >= 11 is 0. The molecule has 0 aliphatic carbocycles. The molecule has 1 aliphatic heterocycles. The number of anilines is 1. The zero-order valence-corrected chi connectivity index (χ0v) is 12.9. The van der Waals surface area contributed by atoms with Crippen LogP contribution in [0.4, 0.5) is 5.82 Å². The molecule has 2 atom stereocenters. The second-order valence-electron chi connectivity index (χ2n) is 5.73. The van der Waals surface area contributed by atoms with Gasteiger partial charge in [-0.1, -0.05) is 6.07 Å². The van der Waals surface area contributed by atoms with Gasteiger partial charge in [0.25, 0.3) is 0 Å². The van der Waals surface area contributed by atoms with Crippen molar-refractivity contribution >= 4 is 11.7 Å². The molecular formula is C16H21N5O. The minimum Gasteiger partial charge on any atom is -0.309 e. The van der Waals surface area contributed by atoms with E-state index in [1.807, 2.05) is 35.3 Å². The minimum absolute atomic E-state index is 0.0953. The molecule has 2 aromatic rings. The molecule has 116 valence electrons. The largest absolute Gasteiger partial charge is 0.309 e. The maximum Gasteiger partial charge on any atom is 0.222 e. The number of hydrogen-bond acceptors (Lipinski definition) is 4. The maximum absolute atomic E-state index is 11.1. The predicted molar refractivity (Wildman–Crippen MR) is 84.4 cm³/mol. The van der Waals surface area contributed by atoms with Gasteiger partial charge in [0.1, 0.15) is 0 Å². The van der Waals surface area contributed by atoms with Gasteiger partial charge in [-0.05, 0) is 25.5 Å². The van der Waals surface area contributed by atoms with Gasteiger partial charge < -0.3 is 5.32 Å². The lowest BCUT2D eigenvalue weighted by Gasteiger charge is -2.23. The second-order valence-corrected chi connectivity index (χ2v) is 5.73. The normalized spacial score (nSPS) is 20.0. The summed E-state index contributed by atoms with van der Waals surface area (Å²) in [4.78, 5) is 17.9. The smallest absolute Gasteiger partial charge is 0.222 e. The van der Waals surface area contributed by atoms with Gasteiger partial charge in [0.15, 0.2) is 5.82 Å². The Bertz CT molecular complexity index is 639. The van der Waals surface area contributed by atoms with Crippen LogP contribution in [-0.2, 0) is 4.79 Å². The van der Waals surface area contributed by atoms with Crippen molar-refractivity contribution in [2.45, 2.75) is 32.4 Å². The fourth-order valence-electron chi connectivity index (χ4n) is 2.93. The number of pyridine rings is 1. The SMILES string of the molecule is CC(=O)Nc1ccn([C@@H]2CCN([C@H](C)c3ccccn3)C2)n1. The highest BCUT2D eigenvalue weighted by Crippen LogP contribution is 2.28. The lowest BCUT2D eigenvalue weighted by molar-refractivity contribution is -0.114. The van der Waals surface area contributed by atoms with Crippen molar-refractivity contribution in [1.82, 2.24) is 19.7 Å². The van der Waals surface area contributed by atoms with Gasteiger partial charge in [-0.15, -0.1) is 0 Å². The molecule has 1 aliphatic rings. The van der Waals surface area contributed by atoms with E-state index < -0.39 is 0 Å². The van der Waals surface area contributed by atoms with E-state index in [-0.39, 0.29) is 5.91 Å². The molecule has 1 saturated heterocycles. The molecule has 1 N–H and O–H groups in total. The van der Waals surface area contributed by atoms with Crippen molar-refractivity contribution in [3.63, 3.8) is 0 Å². The molecule has 22 heavy (non-hydrogen) atoms. The Balaban J connectivity index is 1.64. The van der Waals surface area contributed by atoms with E-state index >= 15 is 0 Å². The molecule has 0 aromatic carbocycles. The Morgan fingerprint density at radius 3 is 3.00 bits per heavy atom. The maximum atomic E-state index is 11.1. The van der Waals surface area contributed by atoms with E-state index in [9.17, 15) is 4.79 Å². The predicted octanol–water partition coefficient (Wildman–Crippen LogP) is 2.24. The average Bonchev–Trinajstić information content (AvgIpc) is 3.15. The van der Waals surface area contributed by atoms with Gasteiger partial charge in [0.2, 0.25) is 5.91 Å². The van der Waals surface area contributed by atoms with E-state index in [1.54, 1.807) is 0 Å². The molecule has 3 rings (SSSR count). The van der Waals surface area contributed by atoms with E-state index in [1.165, 1.54) is 6.92 Å². The summed E-state index contributed by atoms with van der Waals surface area (Å²) in [5, 5.41) is 7.16. The lowest BCUT2D eigenvalue weighted by Crippen LogP contribution is -2.26. The first-order chi connectivity index (χ1) is 10.6. The van der Waals surface area contributed by atoms with Crippen LogP contribution in [0.25, 0.3) is 0 Å². The molecule has 0 radical (unpaired) electrons. The Labute approximate surface area is 130 Å². The lowest BCUT2D eigenvalue weighted by atomic mass is 10.2. The van der Waals surface area contributed by atoms with Crippen LogP contribution in [0.1, 0.15) is 38.0 Å². The number of hydrogen-bond donors (Lipinski definition) is 1. The van der Waals surface area contributed by atoms with Crippen LogP contribution in [0.2, 0.25) is 0 Å². The number of carbonyl (C=O) groups excluding carboxylic acids is 1. The van der Waals surface area contributed by atoms with Gasteiger partial charge in [-0.2, -0.15) is 5.10 Å². The number of likely N-dealkylation sites (tertiary alicyclic amines) is 1. The van der Waals surface area contributed by atoms with Crippen LogP contribution in [0.5, 0.6) is 0 Å². The molecule has 3 heterocycles. The van der Waals surface area contributed by atoms with Crippen LogP contribution in [-0.4, -0.2) is 38.7 Å². The Morgan fingerprint density at radius 2 is 2.27 bits per heavy atom. The standard InChI is InChI=1S/C16H21N5O/c1-12(15-5-3-4-8-17-15)20-9-6-14(11-20)21-10-7-16(19-21)18-13(2)22/h3-5,7-8,10,12,14H,6,9,11H2,1-2H3,(H,18,19,22)/t12-,14-/m1/s1. The number of nitrogens with zero attached hydrogens (tertiary/aromatic N) is 4. The molecule has 2 aromatic heterocycles. The number of carbonyl (C=O) groups is 1. The molecule has 6 heteroatoms. The molecule has 0 unspecified atom stereocenters. The van der Waals surface area contributed by atoms with E-state index in [0.717, 1.165) is 25.2 Å². The number of rotatable bonds is 4. The van der Waals surface area contributed by atoms with E-state index in [0.29, 0.717) is 17.9 Å². The quantitative estimate of drug-likeness (QED) is 0.940. The highest BCUT2D eigenvalue weighted by molar-refractivity contribution is 5.87. The summed E-state index contributed by atoms with van der Waals surface area (Å²) in [5.41, 5.74) is 1.10. The first kappa shape index (κ1) is 14.7. The van der Waals surface area contributed by atoms with Crippen LogP contribution >= 0.6 is 0 Å². The average molecular weight is 299 g/mol. The summed E-state index contributed by atoms with van der Waals surface area (Å²) in [5.74, 6) is 0.519. The molecular weight excluding hydrogens is 278 g/mol. The number of amides is 1. The first-order valence-electron chi connectivity index (χ1n) is 7.61. The van der Waals surface area contributed by atoms with Crippen LogP contribution in [0, 0.1) is 0 Å². The fourth-order valence-corrected chi connectivity index (χ4v) is 2.93. The Kier molecular flexibility index (Phi) is 4.20. The van der Waals surface area contributed by atoms with Gasteiger partial charge in [0.05, 0.1) is 11.7 Å². The number of nitrogens with one attached hydrogen (secondary N) is 1. The summed E-state index contributed by atoms with van der Waals surface area (Å²) in [7, 11) is 0. The first-order valence-corrected chi connectivity index (χ1v) is 7.61. The van der Waals surface area contributed by atoms with E-state index in [2.05, 4.69) is 33.3 Å². The third kappa shape index (κ3) is 3.17. The van der Waals surface area contributed by atoms with Crippen molar-refractivity contribution in [3.8, 4) is 0 Å². The van der Waals surface area contributed by atoms with Gasteiger partial charge in [-0.25, -0.2) is 0 Å². The zero-order chi connectivity index (χ0) is 15.5. The van der Waals surface area contributed by atoms with Gasteiger partial charge in [-0.3, -0.25) is 19.4 Å². The van der Waals surface area contributed by atoms with Crippen LogP contribution in [0.15, 0.2) is 36.7 Å². The van der Waals surface area contributed by atoms with Gasteiger partial charge >= 0.3 is 0 Å². The second kappa shape index (κ2) is 6.27. The minimum atomic E-state index is -0.0953. The third-order valence-electron chi connectivity index (χ3n) is 4.14. The van der Waals surface area contributed by atoms with Crippen molar-refractivity contribution in [3.05, 3.63) is 42.4 Å². The summed E-state index contributed by atoms with van der Waals surface area (Å²) in [6, 6.07) is 8.52. The molecule has 6 nitrogen and oxygen atoms in total. The molecule has 0 bridgehead atoms. The zero-order valence-electron chi connectivity index (χ0n) is 12.9. The monoisotopic (exact) mass is 299 g/mol. The van der Waals surface area contributed by atoms with Crippen molar-refractivity contribution < 1.29 is 4.79 Å². The topological polar surface area (TPSA) is 63.1 Å². The Morgan fingerprint density at radius 1 is 1.41 bits per heavy atom. The van der Waals surface area contributed by atoms with Crippen molar-refractivity contribution in [2.75, 3.05) is 18.4 Å².